The van der Waals surface area contributed by atoms with Crippen LogP contribution in [-0.2, 0) is 16.0 Å². The van der Waals surface area contributed by atoms with Gasteiger partial charge in [0, 0.05) is 23.9 Å². The molecular formula is C18H25ClFNO5. The highest BCUT2D eigenvalue weighted by atomic mass is 35.5. The van der Waals surface area contributed by atoms with Crippen molar-refractivity contribution in [2.24, 2.45) is 5.92 Å². The molecule has 0 aromatic heterocycles. The summed E-state index contributed by atoms with van der Waals surface area (Å²) in [5, 5.41) is 26.2. The smallest absolute Gasteiger partial charge is 0.414 e. The summed E-state index contributed by atoms with van der Waals surface area (Å²) < 4.78 is 14.0. The summed E-state index contributed by atoms with van der Waals surface area (Å²) in [5.74, 6) is -3.77. The van der Waals surface area contributed by atoms with E-state index in [1.165, 1.54) is 6.07 Å². The Morgan fingerprint density at radius 1 is 1.27 bits per heavy atom. The first-order chi connectivity index (χ1) is 12.0. The summed E-state index contributed by atoms with van der Waals surface area (Å²) in [7, 11) is 4.02. The van der Waals surface area contributed by atoms with Gasteiger partial charge < -0.3 is 20.2 Å². The summed E-state index contributed by atoms with van der Waals surface area (Å²) >= 11 is 5.78. The average molecular weight is 390 g/mol. The van der Waals surface area contributed by atoms with Crippen molar-refractivity contribution >= 4 is 23.5 Å². The van der Waals surface area contributed by atoms with Crippen LogP contribution < -0.4 is 0 Å². The third-order valence-corrected chi connectivity index (χ3v) is 4.69. The Bertz CT molecular complexity index is 628. The molecule has 1 aliphatic carbocycles. The zero-order valence-corrected chi connectivity index (χ0v) is 15.7. The molecule has 6 nitrogen and oxygen atoms in total. The van der Waals surface area contributed by atoms with E-state index in [1.807, 2.05) is 14.1 Å². The number of rotatable bonds is 4. The summed E-state index contributed by atoms with van der Waals surface area (Å²) in [6, 6.07) is 4.70. The molecule has 0 spiro atoms. The molecule has 0 amide bonds. The van der Waals surface area contributed by atoms with Crippen LogP contribution in [0.4, 0.5) is 4.39 Å². The van der Waals surface area contributed by atoms with Crippen molar-refractivity contribution in [3.63, 3.8) is 0 Å². The fraction of sp³-hybridized carbons (Fsp3) is 0.556. The number of carboxylic acids is 2. The predicted molar refractivity (Wildman–Crippen MR) is 95.8 cm³/mol. The zero-order chi connectivity index (χ0) is 19.9. The van der Waals surface area contributed by atoms with Crippen molar-refractivity contribution in [2.75, 3.05) is 20.6 Å². The second-order valence-electron chi connectivity index (χ2n) is 6.83. The maximum absolute atomic E-state index is 14.0. The summed E-state index contributed by atoms with van der Waals surface area (Å²) in [6.45, 7) is 0.839. The van der Waals surface area contributed by atoms with E-state index in [4.69, 9.17) is 31.4 Å². The fourth-order valence-corrected chi connectivity index (χ4v) is 3.38. The van der Waals surface area contributed by atoms with Crippen molar-refractivity contribution in [1.82, 2.24) is 4.90 Å². The number of aliphatic carboxylic acids is 2. The van der Waals surface area contributed by atoms with Crippen LogP contribution in [0.25, 0.3) is 0 Å². The minimum absolute atomic E-state index is 0.196. The number of hydrogen-bond donors (Lipinski definition) is 3. The molecular weight excluding hydrogens is 365 g/mol. The van der Waals surface area contributed by atoms with E-state index < -0.39 is 17.5 Å². The normalized spacial score (nSPS) is 22.5. The lowest BCUT2D eigenvalue weighted by molar-refractivity contribution is -0.159. The largest absolute Gasteiger partial charge is 0.473 e. The lowest BCUT2D eigenvalue weighted by atomic mass is 9.72. The number of nitrogens with zero attached hydrogens (tertiary/aromatic N) is 1. The maximum atomic E-state index is 14.0. The quantitative estimate of drug-likeness (QED) is 0.685. The molecule has 1 fully saturated rings. The molecule has 3 N–H and O–H groups in total. The Balaban J connectivity index is 0.000000487. The van der Waals surface area contributed by atoms with Gasteiger partial charge in [-0.15, -0.1) is 0 Å². The average Bonchev–Trinajstić information content (AvgIpc) is 2.53. The van der Waals surface area contributed by atoms with Crippen LogP contribution in [0.3, 0.4) is 0 Å². The van der Waals surface area contributed by atoms with Gasteiger partial charge in [-0.1, -0.05) is 30.5 Å². The third kappa shape index (κ3) is 6.90. The van der Waals surface area contributed by atoms with Crippen molar-refractivity contribution < 1.29 is 29.3 Å². The van der Waals surface area contributed by atoms with Crippen LogP contribution >= 0.6 is 11.6 Å². The van der Waals surface area contributed by atoms with Gasteiger partial charge in [0.25, 0.3) is 0 Å². The molecule has 0 radical (unpaired) electrons. The topological polar surface area (TPSA) is 98.1 Å². The first kappa shape index (κ1) is 22.3. The second-order valence-corrected chi connectivity index (χ2v) is 7.27. The monoisotopic (exact) mass is 389 g/mol. The van der Waals surface area contributed by atoms with Crippen molar-refractivity contribution in [3.05, 3.63) is 34.6 Å². The first-order valence-corrected chi connectivity index (χ1v) is 8.70. The molecule has 1 saturated carbocycles. The van der Waals surface area contributed by atoms with E-state index in [-0.39, 0.29) is 11.7 Å². The van der Waals surface area contributed by atoms with Gasteiger partial charge >= 0.3 is 11.9 Å². The number of hydrogen-bond acceptors (Lipinski definition) is 4. The summed E-state index contributed by atoms with van der Waals surface area (Å²) in [4.78, 5) is 20.3. The van der Waals surface area contributed by atoms with Crippen LogP contribution in [0.1, 0.15) is 31.2 Å². The van der Waals surface area contributed by atoms with Gasteiger partial charge in [-0.25, -0.2) is 14.0 Å². The van der Waals surface area contributed by atoms with Crippen LogP contribution in [0.2, 0.25) is 5.02 Å². The standard InChI is InChI=1S/C16H23ClFNO.C2H2O4/c1-19(2)11-13-5-3-4-8-16(13,20)10-12-6-7-14(17)9-15(12)18;3-1(4)2(5)6/h6-7,9,13,20H,3-5,8,10-11H2,1-2H3;(H,3,4)(H,5,6). The number of halogens is 2. The van der Waals surface area contributed by atoms with Crippen LogP contribution in [-0.4, -0.2) is 58.4 Å². The minimum atomic E-state index is -1.82. The Hall–Kier alpha value is -1.70. The lowest BCUT2D eigenvalue weighted by Crippen LogP contribution is -2.47. The summed E-state index contributed by atoms with van der Waals surface area (Å²) in [6.07, 6.45) is 4.27. The Kier molecular flexibility index (Phi) is 8.46. The van der Waals surface area contributed by atoms with E-state index in [2.05, 4.69) is 4.90 Å². The van der Waals surface area contributed by atoms with E-state index in [1.54, 1.807) is 12.1 Å². The molecule has 0 heterocycles. The van der Waals surface area contributed by atoms with Gasteiger partial charge in [0.2, 0.25) is 0 Å². The molecule has 146 valence electrons. The molecule has 8 heteroatoms. The van der Waals surface area contributed by atoms with E-state index in [0.717, 1.165) is 32.2 Å². The Labute approximate surface area is 157 Å². The van der Waals surface area contributed by atoms with E-state index in [9.17, 15) is 9.50 Å². The molecule has 2 rings (SSSR count). The lowest BCUT2D eigenvalue weighted by Gasteiger charge is -2.41. The number of benzene rings is 1. The van der Waals surface area contributed by atoms with Crippen LogP contribution in [0.15, 0.2) is 18.2 Å². The first-order valence-electron chi connectivity index (χ1n) is 8.32. The molecule has 0 bridgehead atoms. The van der Waals surface area contributed by atoms with E-state index >= 15 is 0 Å². The Morgan fingerprint density at radius 2 is 1.88 bits per heavy atom. The number of aliphatic hydroxyl groups is 1. The SMILES string of the molecule is CN(C)CC1CCCCC1(O)Cc1ccc(Cl)cc1F.O=C(O)C(=O)O. The zero-order valence-electron chi connectivity index (χ0n) is 14.9. The van der Waals surface area contributed by atoms with E-state index in [0.29, 0.717) is 17.0 Å². The molecule has 1 aliphatic rings. The predicted octanol–water partition coefficient (Wildman–Crippen LogP) is 2.66. The highest BCUT2D eigenvalue weighted by Gasteiger charge is 2.39. The van der Waals surface area contributed by atoms with Gasteiger partial charge in [0.05, 0.1) is 5.60 Å². The fourth-order valence-electron chi connectivity index (χ4n) is 3.22. The van der Waals surface area contributed by atoms with Crippen molar-refractivity contribution in [1.29, 1.82) is 0 Å². The minimum Gasteiger partial charge on any atom is -0.473 e. The number of carboxylic acid groups (broad SMARTS) is 2. The van der Waals surface area contributed by atoms with Gasteiger partial charge in [0.1, 0.15) is 5.82 Å². The highest BCUT2D eigenvalue weighted by Crippen LogP contribution is 2.37. The molecule has 1 aromatic rings. The number of carbonyl (C=O) groups is 2. The molecule has 2 atom stereocenters. The summed E-state index contributed by atoms with van der Waals surface area (Å²) in [5.41, 5.74) is -0.250. The van der Waals surface area contributed by atoms with Gasteiger partial charge in [0.15, 0.2) is 0 Å². The van der Waals surface area contributed by atoms with Gasteiger partial charge in [-0.2, -0.15) is 0 Å². The second kappa shape index (κ2) is 9.85. The molecule has 26 heavy (non-hydrogen) atoms. The molecule has 1 aromatic carbocycles. The highest BCUT2D eigenvalue weighted by molar-refractivity contribution is 6.30. The molecule has 0 saturated heterocycles. The third-order valence-electron chi connectivity index (χ3n) is 4.45. The van der Waals surface area contributed by atoms with Crippen molar-refractivity contribution in [2.45, 2.75) is 37.7 Å². The van der Waals surface area contributed by atoms with Gasteiger partial charge in [-0.3, -0.25) is 0 Å². The van der Waals surface area contributed by atoms with Crippen LogP contribution in [0.5, 0.6) is 0 Å². The van der Waals surface area contributed by atoms with Gasteiger partial charge in [-0.05, 0) is 44.6 Å². The maximum Gasteiger partial charge on any atom is 0.414 e. The van der Waals surface area contributed by atoms with Crippen LogP contribution in [0, 0.1) is 11.7 Å². The Morgan fingerprint density at radius 3 is 2.38 bits per heavy atom. The van der Waals surface area contributed by atoms with Crippen molar-refractivity contribution in [3.8, 4) is 0 Å². The molecule has 2 unspecified atom stereocenters. The molecule has 0 aliphatic heterocycles.